The van der Waals surface area contributed by atoms with E-state index >= 15 is 0 Å². The fourth-order valence-corrected chi connectivity index (χ4v) is 6.41. The molecular weight excluding hydrogens is 360 g/mol. The molecule has 0 saturated heterocycles. The number of fused-ring (bicyclic) bond motifs is 3. The van der Waals surface area contributed by atoms with E-state index in [1.807, 2.05) is 35.2 Å². The van der Waals surface area contributed by atoms with Crippen molar-refractivity contribution >= 4 is 27.5 Å². The fourth-order valence-electron chi connectivity index (χ4n) is 4.33. The second-order valence-corrected chi connectivity index (χ2v) is 10.7. The minimum absolute atomic E-state index is 0.254. The summed E-state index contributed by atoms with van der Waals surface area (Å²) in [6, 6.07) is 6.40. The summed E-state index contributed by atoms with van der Waals surface area (Å²) in [5.41, 5.74) is 0. The molecule has 0 aromatic carbocycles. The molecule has 2 saturated carbocycles. The van der Waals surface area contributed by atoms with Gasteiger partial charge in [-0.05, 0) is 54.0 Å². The van der Waals surface area contributed by atoms with Crippen LogP contribution < -0.4 is 5.32 Å². The lowest BCUT2D eigenvalue weighted by atomic mass is 9.87. The summed E-state index contributed by atoms with van der Waals surface area (Å²) in [5.74, 6) is 1.94. The lowest BCUT2D eigenvalue weighted by Gasteiger charge is -2.21. The van der Waals surface area contributed by atoms with Crippen LogP contribution >= 0.6 is 21.6 Å². The quantitative estimate of drug-likeness (QED) is 0.591. The Morgan fingerprint density at radius 1 is 1.19 bits per heavy atom. The number of hydrogen-bond acceptors (Lipinski definition) is 4. The molecule has 3 atom stereocenters. The van der Waals surface area contributed by atoms with Gasteiger partial charge in [-0.2, -0.15) is 0 Å². The Morgan fingerprint density at radius 2 is 1.92 bits per heavy atom. The van der Waals surface area contributed by atoms with E-state index in [1.165, 1.54) is 51.4 Å². The molecule has 1 aromatic rings. The highest BCUT2D eigenvalue weighted by atomic mass is 33.1. The van der Waals surface area contributed by atoms with Crippen LogP contribution in [0.15, 0.2) is 29.4 Å². The van der Waals surface area contributed by atoms with Gasteiger partial charge in [-0.3, -0.25) is 4.79 Å². The third-order valence-electron chi connectivity index (χ3n) is 5.77. The van der Waals surface area contributed by atoms with Crippen molar-refractivity contribution in [2.24, 2.45) is 11.8 Å². The normalized spacial score (nSPS) is 27.2. The Morgan fingerprint density at radius 3 is 2.58 bits per heavy atom. The molecular formula is C21H32N2OS2. The van der Waals surface area contributed by atoms with Crippen LogP contribution in [0.2, 0.25) is 0 Å². The first kappa shape index (κ1) is 20.1. The molecule has 2 aliphatic carbocycles. The van der Waals surface area contributed by atoms with Crippen molar-refractivity contribution in [2.45, 2.75) is 87.4 Å². The number of aromatic nitrogens is 1. The minimum atomic E-state index is 0.254. The summed E-state index contributed by atoms with van der Waals surface area (Å²) in [6.07, 6.45) is 14.1. The van der Waals surface area contributed by atoms with Gasteiger partial charge in [0, 0.05) is 23.9 Å². The highest BCUT2D eigenvalue weighted by Crippen LogP contribution is 2.36. The average molecular weight is 393 g/mol. The number of carbonyl (C=O) groups excluding carboxylic acids is 1. The van der Waals surface area contributed by atoms with E-state index in [1.54, 1.807) is 10.8 Å². The zero-order chi connectivity index (χ0) is 18.2. The van der Waals surface area contributed by atoms with Crippen molar-refractivity contribution in [3.63, 3.8) is 0 Å². The van der Waals surface area contributed by atoms with Crippen molar-refractivity contribution in [3.8, 4) is 0 Å². The van der Waals surface area contributed by atoms with Gasteiger partial charge in [0.25, 0.3) is 0 Å². The van der Waals surface area contributed by atoms with Crippen LogP contribution in [0, 0.1) is 11.8 Å². The predicted molar refractivity (Wildman–Crippen MR) is 112 cm³/mol. The summed E-state index contributed by atoms with van der Waals surface area (Å²) >= 11 is 0. The molecule has 3 nitrogen and oxygen atoms in total. The first-order valence-corrected chi connectivity index (χ1v) is 12.4. The molecule has 1 amide bonds. The predicted octanol–water partition coefficient (Wildman–Crippen LogP) is 5.86. The van der Waals surface area contributed by atoms with Gasteiger partial charge in [-0.25, -0.2) is 4.98 Å². The molecule has 26 heavy (non-hydrogen) atoms. The van der Waals surface area contributed by atoms with Crippen LogP contribution in [0.25, 0.3) is 0 Å². The lowest BCUT2D eigenvalue weighted by Crippen LogP contribution is -2.36. The maximum atomic E-state index is 12.5. The number of rotatable bonds is 7. The number of pyridine rings is 1. The number of carbonyl (C=O) groups is 1. The number of hydrogen-bond donors (Lipinski definition) is 1. The second kappa shape index (κ2) is 10.6. The van der Waals surface area contributed by atoms with Crippen LogP contribution in [0.5, 0.6) is 0 Å². The molecule has 2 aliphatic rings. The fraction of sp³-hybridized carbons (Fsp3) is 0.714. The van der Waals surface area contributed by atoms with Crippen LogP contribution in [0.3, 0.4) is 0 Å². The average Bonchev–Trinajstić information content (AvgIpc) is 2.76. The van der Waals surface area contributed by atoms with Gasteiger partial charge in [-0.15, -0.1) is 0 Å². The lowest BCUT2D eigenvalue weighted by molar-refractivity contribution is -0.122. The number of nitrogens with one attached hydrogen (secondary N) is 1. The SMILES string of the molecule is CC(CCC(=O)NC1CC2CCCCC(CC2)C1)SSc1ccccn1. The summed E-state index contributed by atoms with van der Waals surface area (Å²) in [5, 5.41) is 4.86. The maximum Gasteiger partial charge on any atom is 0.220 e. The minimum Gasteiger partial charge on any atom is -0.353 e. The summed E-state index contributed by atoms with van der Waals surface area (Å²) in [6.45, 7) is 2.20. The molecule has 5 heteroatoms. The van der Waals surface area contributed by atoms with E-state index in [-0.39, 0.29) is 5.91 Å². The van der Waals surface area contributed by atoms with Gasteiger partial charge in [0.15, 0.2) is 0 Å². The monoisotopic (exact) mass is 392 g/mol. The van der Waals surface area contributed by atoms with E-state index in [9.17, 15) is 4.79 Å². The Labute approximate surface area is 166 Å². The molecule has 0 radical (unpaired) electrons. The molecule has 1 N–H and O–H groups in total. The molecule has 1 aromatic heterocycles. The number of amides is 1. The van der Waals surface area contributed by atoms with Gasteiger partial charge in [0.05, 0.1) is 0 Å². The standard InChI is InChI=1S/C21H32N2OS2/c1-16(25-26-21-8-4-5-13-22-21)9-12-20(24)23-19-14-17-6-2-3-7-18(15-19)11-10-17/h4-5,8,13,16-19H,2-3,6-7,9-12,14-15H2,1H3,(H,23,24). The molecule has 3 unspecified atom stereocenters. The maximum absolute atomic E-state index is 12.5. The highest BCUT2D eigenvalue weighted by molar-refractivity contribution is 8.76. The van der Waals surface area contributed by atoms with E-state index in [4.69, 9.17) is 0 Å². The summed E-state index contributed by atoms with van der Waals surface area (Å²) < 4.78 is 0. The molecule has 2 bridgehead atoms. The van der Waals surface area contributed by atoms with Gasteiger partial charge in [0.1, 0.15) is 5.03 Å². The van der Waals surface area contributed by atoms with Crippen LogP contribution in [-0.2, 0) is 4.79 Å². The van der Waals surface area contributed by atoms with Crippen LogP contribution in [0.4, 0.5) is 0 Å². The van der Waals surface area contributed by atoms with Gasteiger partial charge >= 0.3 is 0 Å². The van der Waals surface area contributed by atoms with Crippen LogP contribution in [-0.4, -0.2) is 22.2 Å². The van der Waals surface area contributed by atoms with Gasteiger partial charge < -0.3 is 5.32 Å². The molecule has 3 rings (SSSR count). The van der Waals surface area contributed by atoms with E-state index in [0.717, 1.165) is 23.3 Å². The van der Waals surface area contributed by atoms with Crippen molar-refractivity contribution in [3.05, 3.63) is 24.4 Å². The zero-order valence-electron chi connectivity index (χ0n) is 15.9. The van der Waals surface area contributed by atoms with Gasteiger partial charge in [-0.1, -0.05) is 62.3 Å². The van der Waals surface area contributed by atoms with Crippen LogP contribution in [0.1, 0.15) is 71.1 Å². The third-order valence-corrected chi connectivity index (χ3v) is 8.63. The Bertz CT molecular complexity index is 538. The largest absolute Gasteiger partial charge is 0.353 e. The second-order valence-electron chi connectivity index (χ2n) is 8.03. The van der Waals surface area contributed by atoms with Gasteiger partial charge in [0.2, 0.25) is 5.91 Å². The third kappa shape index (κ3) is 6.80. The molecule has 2 fully saturated rings. The number of nitrogens with zero attached hydrogens (tertiary/aromatic N) is 1. The van der Waals surface area contributed by atoms with Crippen molar-refractivity contribution in [1.82, 2.24) is 10.3 Å². The van der Waals surface area contributed by atoms with E-state index in [2.05, 4.69) is 17.2 Å². The molecule has 144 valence electrons. The molecule has 0 spiro atoms. The Balaban J connectivity index is 1.37. The van der Waals surface area contributed by atoms with Crippen molar-refractivity contribution in [1.29, 1.82) is 0 Å². The van der Waals surface area contributed by atoms with E-state index < -0.39 is 0 Å². The molecule has 1 heterocycles. The zero-order valence-corrected chi connectivity index (χ0v) is 17.5. The van der Waals surface area contributed by atoms with E-state index in [0.29, 0.717) is 17.7 Å². The summed E-state index contributed by atoms with van der Waals surface area (Å²) in [4.78, 5) is 16.8. The Hall–Kier alpha value is -0.680. The first-order valence-electron chi connectivity index (χ1n) is 10.2. The van der Waals surface area contributed by atoms with Crippen molar-refractivity contribution in [2.75, 3.05) is 0 Å². The highest BCUT2D eigenvalue weighted by Gasteiger charge is 2.28. The first-order chi connectivity index (χ1) is 12.7. The smallest absolute Gasteiger partial charge is 0.220 e. The summed E-state index contributed by atoms with van der Waals surface area (Å²) in [7, 11) is 3.52. The molecule has 0 aliphatic heterocycles. The Kier molecular flexibility index (Phi) is 8.18. The topological polar surface area (TPSA) is 42.0 Å². The van der Waals surface area contributed by atoms with Crippen molar-refractivity contribution < 1.29 is 4.79 Å².